The molecular weight excluding hydrogens is 282 g/mol. The molecule has 0 fully saturated rings. The van der Waals surface area contributed by atoms with Gasteiger partial charge in [0, 0.05) is 4.88 Å². The molecule has 112 valence electrons. The average Bonchev–Trinajstić information content (AvgIpc) is 2.81. The minimum absolute atomic E-state index is 0.0747. The second-order valence-electron chi connectivity index (χ2n) is 5.10. The Balaban J connectivity index is 2.22. The zero-order valence-electron chi connectivity index (χ0n) is 12.9. The van der Waals surface area contributed by atoms with Crippen molar-refractivity contribution < 1.29 is 9.53 Å². The highest BCUT2D eigenvalue weighted by molar-refractivity contribution is 7.14. The summed E-state index contributed by atoms with van der Waals surface area (Å²) >= 11 is 1.55. The fourth-order valence-electron chi connectivity index (χ4n) is 2.25. The molecule has 1 N–H and O–H groups in total. The SMILES string of the molecule is CCCc1cc(C(=O)Nc2cc(C)ccc2OC)sc1C. The molecular formula is C17H21NO2S. The lowest BCUT2D eigenvalue weighted by molar-refractivity contribution is 0.103. The van der Waals surface area contributed by atoms with Crippen molar-refractivity contribution in [2.75, 3.05) is 12.4 Å². The number of hydrogen-bond donors (Lipinski definition) is 1. The van der Waals surface area contributed by atoms with Gasteiger partial charge in [-0.2, -0.15) is 0 Å². The summed E-state index contributed by atoms with van der Waals surface area (Å²) in [6.45, 7) is 6.21. The highest BCUT2D eigenvalue weighted by Gasteiger charge is 2.14. The monoisotopic (exact) mass is 303 g/mol. The second-order valence-corrected chi connectivity index (χ2v) is 6.36. The number of ether oxygens (including phenoxy) is 1. The number of aryl methyl sites for hydroxylation is 3. The largest absolute Gasteiger partial charge is 0.495 e. The van der Waals surface area contributed by atoms with Crippen molar-refractivity contribution in [3.8, 4) is 5.75 Å². The maximum atomic E-state index is 12.4. The first kappa shape index (κ1) is 15.6. The Bertz CT molecular complexity index is 646. The van der Waals surface area contributed by atoms with E-state index in [0.29, 0.717) is 11.4 Å². The summed E-state index contributed by atoms with van der Waals surface area (Å²) < 4.78 is 5.29. The van der Waals surface area contributed by atoms with Gasteiger partial charge in [0.1, 0.15) is 5.75 Å². The van der Waals surface area contributed by atoms with Crippen molar-refractivity contribution in [2.45, 2.75) is 33.6 Å². The first-order chi connectivity index (χ1) is 10.0. The third kappa shape index (κ3) is 3.64. The van der Waals surface area contributed by atoms with Crippen molar-refractivity contribution >= 4 is 22.9 Å². The summed E-state index contributed by atoms with van der Waals surface area (Å²) in [6, 6.07) is 7.75. The molecule has 0 aliphatic heterocycles. The smallest absolute Gasteiger partial charge is 0.265 e. The molecule has 1 amide bonds. The van der Waals surface area contributed by atoms with Crippen LogP contribution in [0.15, 0.2) is 24.3 Å². The minimum Gasteiger partial charge on any atom is -0.495 e. The van der Waals surface area contributed by atoms with Gasteiger partial charge < -0.3 is 10.1 Å². The Morgan fingerprint density at radius 2 is 2.05 bits per heavy atom. The molecule has 0 bridgehead atoms. The van der Waals surface area contributed by atoms with E-state index in [0.717, 1.165) is 23.3 Å². The van der Waals surface area contributed by atoms with Gasteiger partial charge in [0.25, 0.3) is 5.91 Å². The zero-order chi connectivity index (χ0) is 15.4. The van der Waals surface area contributed by atoms with Crippen molar-refractivity contribution in [3.05, 3.63) is 45.1 Å². The summed E-state index contributed by atoms with van der Waals surface area (Å²) in [5.41, 5.74) is 3.06. The number of nitrogens with one attached hydrogen (secondary N) is 1. The summed E-state index contributed by atoms with van der Waals surface area (Å²) in [5, 5.41) is 2.95. The molecule has 0 saturated carbocycles. The molecule has 0 radical (unpaired) electrons. The van der Waals surface area contributed by atoms with Crippen molar-refractivity contribution in [3.63, 3.8) is 0 Å². The van der Waals surface area contributed by atoms with E-state index in [1.807, 2.05) is 31.2 Å². The normalized spacial score (nSPS) is 10.5. The molecule has 0 aliphatic rings. The van der Waals surface area contributed by atoms with Gasteiger partial charge in [-0.1, -0.05) is 19.4 Å². The molecule has 21 heavy (non-hydrogen) atoms. The predicted molar refractivity (Wildman–Crippen MR) is 88.7 cm³/mol. The number of thiophene rings is 1. The van der Waals surface area contributed by atoms with Crippen LogP contribution in [0.5, 0.6) is 5.75 Å². The molecule has 0 unspecified atom stereocenters. The average molecular weight is 303 g/mol. The standard InChI is InChI=1S/C17H21NO2S/c1-5-6-13-10-16(21-12(13)3)17(19)18-14-9-11(2)7-8-15(14)20-4/h7-10H,5-6H2,1-4H3,(H,18,19). The second kappa shape index (κ2) is 6.76. The van der Waals surface area contributed by atoms with Crippen LogP contribution >= 0.6 is 11.3 Å². The number of anilines is 1. The van der Waals surface area contributed by atoms with E-state index in [1.54, 1.807) is 18.4 Å². The van der Waals surface area contributed by atoms with E-state index >= 15 is 0 Å². The van der Waals surface area contributed by atoms with Crippen LogP contribution in [-0.2, 0) is 6.42 Å². The Kier molecular flexibility index (Phi) is 5.02. The Morgan fingerprint density at radius 1 is 1.29 bits per heavy atom. The van der Waals surface area contributed by atoms with Gasteiger partial charge in [-0.3, -0.25) is 4.79 Å². The third-order valence-electron chi connectivity index (χ3n) is 3.37. The first-order valence-electron chi connectivity index (χ1n) is 7.10. The molecule has 4 heteroatoms. The molecule has 3 nitrogen and oxygen atoms in total. The van der Waals surface area contributed by atoms with Gasteiger partial charge in [-0.25, -0.2) is 0 Å². The molecule has 0 saturated heterocycles. The Labute approximate surface area is 130 Å². The molecule has 0 spiro atoms. The number of rotatable bonds is 5. The lowest BCUT2D eigenvalue weighted by Crippen LogP contribution is -2.11. The van der Waals surface area contributed by atoms with Crippen LogP contribution < -0.4 is 10.1 Å². The van der Waals surface area contributed by atoms with Gasteiger partial charge in [-0.15, -0.1) is 11.3 Å². The topological polar surface area (TPSA) is 38.3 Å². The van der Waals surface area contributed by atoms with Crippen LogP contribution in [0.1, 0.15) is 39.0 Å². The zero-order valence-corrected chi connectivity index (χ0v) is 13.8. The minimum atomic E-state index is -0.0747. The Morgan fingerprint density at radius 3 is 2.71 bits per heavy atom. The van der Waals surface area contributed by atoms with E-state index < -0.39 is 0 Å². The van der Waals surface area contributed by atoms with Crippen LogP contribution in [0, 0.1) is 13.8 Å². The number of hydrogen-bond acceptors (Lipinski definition) is 3. The molecule has 2 rings (SSSR count). The molecule has 1 aromatic carbocycles. The number of methoxy groups -OCH3 is 1. The quantitative estimate of drug-likeness (QED) is 0.878. The third-order valence-corrected chi connectivity index (χ3v) is 4.46. The molecule has 1 heterocycles. The van der Waals surface area contributed by atoms with Gasteiger partial charge in [0.05, 0.1) is 17.7 Å². The van der Waals surface area contributed by atoms with E-state index in [9.17, 15) is 4.79 Å². The fraction of sp³-hybridized carbons (Fsp3) is 0.353. The maximum Gasteiger partial charge on any atom is 0.265 e. The van der Waals surface area contributed by atoms with Crippen LogP contribution in [0.25, 0.3) is 0 Å². The van der Waals surface area contributed by atoms with Crippen LogP contribution in [0.4, 0.5) is 5.69 Å². The van der Waals surface area contributed by atoms with Crippen molar-refractivity contribution in [2.24, 2.45) is 0 Å². The van der Waals surface area contributed by atoms with Gasteiger partial charge >= 0.3 is 0 Å². The molecule has 0 atom stereocenters. The number of amides is 1. The van der Waals surface area contributed by atoms with Crippen LogP contribution in [0.2, 0.25) is 0 Å². The highest BCUT2D eigenvalue weighted by Crippen LogP contribution is 2.28. The predicted octanol–water partition coefficient (Wildman–Crippen LogP) is 4.58. The summed E-state index contributed by atoms with van der Waals surface area (Å²) in [5.74, 6) is 0.602. The van der Waals surface area contributed by atoms with Crippen LogP contribution in [-0.4, -0.2) is 13.0 Å². The maximum absolute atomic E-state index is 12.4. The molecule has 2 aromatic rings. The molecule has 1 aromatic heterocycles. The Hall–Kier alpha value is -1.81. The van der Waals surface area contributed by atoms with Gasteiger partial charge in [0.15, 0.2) is 0 Å². The lowest BCUT2D eigenvalue weighted by Gasteiger charge is -2.10. The fourth-order valence-corrected chi connectivity index (χ4v) is 3.22. The van der Waals surface area contributed by atoms with Crippen molar-refractivity contribution in [1.82, 2.24) is 0 Å². The lowest BCUT2D eigenvalue weighted by atomic mass is 10.1. The summed E-state index contributed by atoms with van der Waals surface area (Å²) in [4.78, 5) is 14.4. The van der Waals surface area contributed by atoms with E-state index in [-0.39, 0.29) is 5.91 Å². The number of carbonyl (C=O) groups excluding carboxylic acids is 1. The van der Waals surface area contributed by atoms with E-state index in [4.69, 9.17) is 4.74 Å². The first-order valence-corrected chi connectivity index (χ1v) is 7.92. The number of carbonyl (C=O) groups is 1. The summed E-state index contributed by atoms with van der Waals surface area (Å²) in [6.07, 6.45) is 2.10. The van der Waals surface area contributed by atoms with Crippen LogP contribution in [0.3, 0.4) is 0 Å². The van der Waals surface area contributed by atoms with E-state index in [1.165, 1.54) is 10.4 Å². The summed E-state index contributed by atoms with van der Waals surface area (Å²) in [7, 11) is 1.61. The van der Waals surface area contributed by atoms with Gasteiger partial charge in [-0.05, 0) is 49.6 Å². The molecule has 0 aliphatic carbocycles. The van der Waals surface area contributed by atoms with E-state index in [2.05, 4.69) is 19.2 Å². The van der Waals surface area contributed by atoms with Crippen molar-refractivity contribution in [1.29, 1.82) is 0 Å². The number of benzene rings is 1. The van der Waals surface area contributed by atoms with Gasteiger partial charge in [0.2, 0.25) is 0 Å². The highest BCUT2D eigenvalue weighted by atomic mass is 32.1.